The van der Waals surface area contributed by atoms with Crippen LogP contribution in [0.4, 0.5) is 0 Å². The predicted octanol–water partition coefficient (Wildman–Crippen LogP) is 3.34. The number of carbonyl (C=O) groups excluding carboxylic acids is 1. The van der Waals surface area contributed by atoms with Crippen molar-refractivity contribution in [3.05, 3.63) is 27.7 Å². The minimum absolute atomic E-state index is 0.0163. The summed E-state index contributed by atoms with van der Waals surface area (Å²) in [6, 6.07) is 3.64. The molecule has 0 aromatic heterocycles. The van der Waals surface area contributed by atoms with Crippen molar-refractivity contribution in [1.82, 2.24) is 0 Å². The van der Waals surface area contributed by atoms with Gasteiger partial charge >= 0.3 is 0 Å². The lowest BCUT2D eigenvalue weighted by Crippen LogP contribution is -2.03. The van der Waals surface area contributed by atoms with Crippen LogP contribution in [-0.4, -0.2) is 18.2 Å². The topological polar surface area (TPSA) is 26.3 Å². The van der Waals surface area contributed by atoms with E-state index in [0.717, 1.165) is 10.0 Å². The SMILES string of the molecule is COc1cc(C)c(Br)cc1C(=O)CBr. The summed E-state index contributed by atoms with van der Waals surface area (Å²) < 4.78 is 6.06. The van der Waals surface area contributed by atoms with Crippen molar-refractivity contribution in [2.24, 2.45) is 0 Å². The molecule has 1 aromatic carbocycles. The molecule has 0 aliphatic carbocycles. The number of alkyl halides is 1. The van der Waals surface area contributed by atoms with E-state index in [1.165, 1.54) is 0 Å². The van der Waals surface area contributed by atoms with Gasteiger partial charge in [0, 0.05) is 4.47 Å². The van der Waals surface area contributed by atoms with E-state index in [2.05, 4.69) is 31.9 Å². The fourth-order valence-corrected chi connectivity index (χ4v) is 1.76. The number of hydrogen-bond acceptors (Lipinski definition) is 2. The highest BCUT2D eigenvalue weighted by atomic mass is 79.9. The molecular formula is C10H10Br2O2. The second-order valence-corrected chi connectivity index (χ2v) is 4.27. The Morgan fingerprint density at radius 3 is 2.64 bits per heavy atom. The first kappa shape index (κ1) is 11.7. The van der Waals surface area contributed by atoms with Crippen molar-refractivity contribution in [1.29, 1.82) is 0 Å². The molecule has 0 saturated carbocycles. The molecule has 0 amide bonds. The largest absolute Gasteiger partial charge is 0.496 e. The molecule has 0 aliphatic heterocycles. The van der Waals surface area contributed by atoms with Crippen LogP contribution in [-0.2, 0) is 0 Å². The maximum atomic E-state index is 11.5. The van der Waals surface area contributed by atoms with E-state index >= 15 is 0 Å². The molecule has 4 heteroatoms. The molecule has 0 heterocycles. The number of benzene rings is 1. The van der Waals surface area contributed by atoms with Gasteiger partial charge in [0.25, 0.3) is 0 Å². The standard InChI is InChI=1S/C10H10Br2O2/c1-6-3-10(14-2)7(4-8(6)12)9(13)5-11/h3-4H,5H2,1-2H3. The van der Waals surface area contributed by atoms with Gasteiger partial charge in [-0.25, -0.2) is 0 Å². The predicted molar refractivity (Wildman–Crippen MR) is 63.6 cm³/mol. The Morgan fingerprint density at radius 2 is 2.14 bits per heavy atom. The molecule has 1 aromatic rings. The summed E-state index contributed by atoms with van der Waals surface area (Å²) in [5.74, 6) is 0.637. The van der Waals surface area contributed by atoms with E-state index in [1.807, 2.05) is 13.0 Å². The third-order valence-electron chi connectivity index (χ3n) is 1.90. The maximum Gasteiger partial charge on any atom is 0.177 e. The second-order valence-electron chi connectivity index (χ2n) is 2.86. The highest BCUT2D eigenvalue weighted by Gasteiger charge is 2.12. The molecule has 0 aliphatic rings. The number of carbonyl (C=O) groups is 1. The van der Waals surface area contributed by atoms with Gasteiger partial charge in [-0.05, 0) is 24.6 Å². The number of aryl methyl sites for hydroxylation is 1. The zero-order valence-electron chi connectivity index (χ0n) is 7.93. The first-order valence-corrected chi connectivity index (χ1v) is 5.95. The Hall–Kier alpha value is -0.350. The maximum absolute atomic E-state index is 11.5. The number of Topliss-reactive ketones (excluding diaryl/α,β-unsaturated/α-hetero) is 1. The molecule has 1 rings (SSSR count). The summed E-state index contributed by atoms with van der Waals surface area (Å²) >= 11 is 6.52. The molecular weight excluding hydrogens is 312 g/mol. The minimum Gasteiger partial charge on any atom is -0.496 e. The summed E-state index contributed by atoms with van der Waals surface area (Å²) in [5.41, 5.74) is 1.65. The van der Waals surface area contributed by atoms with Gasteiger partial charge in [0.15, 0.2) is 5.78 Å². The summed E-state index contributed by atoms with van der Waals surface area (Å²) in [6.45, 7) is 1.95. The van der Waals surface area contributed by atoms with Gasteiger partial charge in [-0.3, -0.25) is 4.79 Å². The van der Waals surface area contributed by atoms with Crippen LogP contribution in [0.3, 0.4) is 0 Å². The van der Waals surface area contributed by atoms with Gasteiger partial charge in [-0.15, -0.1) is 0 Å². The average Bonchev–Trinajstić information content (AvgIpc) is 2.20. The molecule has 0 saturated heterocycles. The molecule has 14 heavy (non-hydrogen) atoms. The fraction of sp³-hybridized carbons (Fsp3) is 0.300. The highest BCUT2D eigenvalue weighted by molar-refractivity contribution is 9.10. The van der Waals surface area contributed by atoms with E-state index in [0.29, 0.717) is 16.6 Å². The van der Waals surface area contributed by atoms with Crippen LogP contribution in [0.5, 0.6) is 5.75 Å². The lowest BCUT2D eigenvalue weighted by molar-refractivity contribution is 0.102. The van der Waals surface area contributed by atoms with Crippen molar-refractivity contribution in [3.63, 3.8) is 0 Å². The minimum atomic E-state index is 0.0163. The van der Waals surface area contributed by atoms with Gasteiger partial charge in [0.1, 0.15) is 5.75 Å². The number of ketones is 1. The zero-order chi connectivity index (χ0) is 10.7. The number of methoxy groups -OCH3 is 1. The molecule has 0 unspecified atom stereocenters. The first-order valence-electron chi connectivity index (χ1n) is 4.03. The van der Waals surface area contributed by atoms with E-state index in [-0.39, 0.29) is 5.78 Å². The van der Waals surface area contributed by atoms with Gasteiger partial charge in [-0.1, -0.05) is 31.9 Å². The van der Waals surface area contributed by atoms with Crippen molar-refractivity contribution >= 4 is 37.6 Å². The van der Waals surface area contributed by atoms with Crippen molar-refractivity contribution in [3.8, 4) is 5.75 Å². The summed E-state index contributed by atoms with van der Waals surface area (Å²) in [5, 5.41) is 0.304. The average molecular weight is 322 g/mol. The lowest BCUT2D eigenvalue weighted by atomic mass is 10.1. The molecule has 76 valence electrons. The molecule has 0 spiro atoms. The quantitative estimate of drug-likeness (QED) is 0.630. The Morgan fingerprint density at radius 1 is 1.50 bits per heavy atom. The lowest BCUT2D eigenvalue weighted by Gasteiger charge is -2.08. The van der Waals surface area contributed by atoms with Gasteiger partial charge in [-0.2, -0.15) is 0 Å². The Labute approximate surface area is 99.9 Å². The van der Waals surface area contributed by atoms with Crippen LogP contribution in [0, 0.1) is 6.92 Å². The van der Waals surface area contributed by atoms with Crippen LogP contribution in [0.1, 0.15) is 15.9 Å². The van der Waals surface area contributed by atoms with Crippen LogP contribution in [0.25, 0.3) is 0 Å². The van der Waals surface area contributed by atoms with Crippen LogP contribution in [0.15, 0.2) is 16.6 Å². The molecule has 0 bridgehead atoms. The monoisotopic (exact) mass is 320 g/mol. The summed E-state index contributed by atoms with van der Waals surface area (Å²) in [4.78, 5) is 11.5. The zero-order valence-corrected chi connectivity index (χ0v) is 11.1. The van der Waals surface area contributed by atoms with Crippen LogP contribution < -0.4 is 4.74 Å². The second kappa shape index (κ2) is 4.94. The molecule has 0 N–H and O–H groups in total. The number of ether oxygens (including phenoxy) is 1. The van der Waals surface area contributed by atoms with Crippen molar-refractivity contribution < 1.29 is 9.53 Å². The Bertz CT molecular complexity index is 361. The Balaban J connectivity index is 3.27. The summed E-state index contributed by atoms with van der Waals surface area (Å²) in [7, 11) is 1.56. The smallest absolute Gasteiger partial charge is 0.177 e. The summed E-state index contributed by atoms with van der Waals surface area (Å²) in [6.07, 6.45) is 0. The third kappa shape index (κ3) is 2.36. The molecule has 2 nitrogen and oxygen atoms in total. The van der Waals surface area contributed by atoms with Crippen molar-refractivity contribution in [2.75, 3.05) is 12.4 Å². The van der Waals surface area contributed by atoms with Gasteiger partial charge < -0.3 is 4.74 Å². The van der Waals surface area contributed by atoms with E-state index in [4.69, 9.17) is 4.74 Å². The number of rotatable bonds is 3. The Kier molecular flexibility index (Phi) is 4.13. The molecule has 0 fully saturated rings. The normalized spacial score (nSPS) is 10.0. The van der Waals surface area contributed by atoms with E-state index in [1.54, 1.807) is 13.2 Å². The van der Waals surface area contributed by atoms with Crippen LogP contribution >= 0.6 is 31.9 Å². The van der Waals surface area contributed by atoms with Crippen molar-refractivity contribution in [2.45, 2.75) is 6.92 Å². The van der Waals surface area contributed by atoms with E-state index < -0.39 is 0 Å². The van der Waals surface area contributed by atoms with Crippen LogP contribution in [0.2, 0.25) is 0 Å². The molecule has 0 atom stereocenters. The number of hydrogen-bond donors (Lipinski definition) is 0. The number of halogens is 2. The first-order chi connectivity index (χ1) is 6.60. The van der Waals surface area contributed by atoms with Gasteiger partial charge in [0.2, 0.25) is 0 Å². The molecule has 0 radical (unpaired) electrons. The third-order valence-corrected chi connectivity index (χ3v) is 3.27. The fourth-order valence-electron chi connectivity index (χ4n) is 1.11. The highest BCUT2D eigenvalue weighted by Crippen LogP contribution is 2.27. The van der Waals surface area contributed by atoms with E-state index in [9.17, 15) is 4.79 Å². The van der Waals surface area contributed by atoms with Gasteiger partial charge in [0.05, 0.1) is 18.0 Å².